The van der Waals surface area contributed by atoms with Crippen LogP contribution in [0.1, 0.15) is 17.2 Å². The molecule has 2 aromatic rings. The second kappa shape index (κ2) is 9.14. The van der Waals surface area contributed by atoms with Crippen molar-refractivity contribution < 1.29 is 21.9 Å². The van der Waals surface area contributed by atoms with Crippen molar-refractivity contribution in [2.45, 2.75) is 12.6 Å². The monoisotopic (exact) mass is 349 g/mol. The summed E-state index contributed by atoms with van der Waals surface area (Å²) < 4.78 is 12.9. The maximum absolute atomic E-state index is 12.9. The van der Waals surface area contributed by atoms with Crippen LogP contribution < -0.4 is 12.4 Å². The number of aliphatic hydroxyl groups is 1. The van der Waals surface area contributed by atoms with Crippen LogP contribution in [0.4, 0.5) is 4.39 Å². The fourth-order valence-electron chi connectivity index (χ4n) is 3.01. The van der Waals surface area contributed by atoms with Crippen LogP contribution in [0.5, 0.6) is 0 Å². The Kier molecular flexibility index (Phi) is 7.18. The molecule has 1 unspecified atom stereocenters. The average Bonchev–Trinajstić information content (AvgIpc) is 2.58. The van der Waals surface area contributed by atoms with E-state index in [0.29, 0.717) is 6.54 Å². The highest BCUT2D eigenvalue weighted by atomic mass is 35.5. The molecule has 0 amide bonds. The third kappa shape index (κ3) is 5.28. The SMILES string of the molecule is OC(CN1CCN(Cc2ccccc2)CC1)c1ccc(F)cc1.[Cl-]. The lowest BCUT2D eigenvalue weighted by molar-refractivity contribution is -0.00000751. The Morgan fingerprint density at radius 3 is 2.08 bits per heavy atom. The molecular weight excluding hydrogens is 327 g/mol. The first-order chi connectivity index (χ1) is 11.2. The van der Waals surface area contributed by atoms with Crippen LogP contribution in [0.25, 0.3) is 0 Å². The third-order valence-corrected chi connectivity index (χ3v) is 4.40. The fourth-order valence-corrected chi connectivity index (χ4v) is 3.01. The van der Waals surface area contributed by atoms with Gasteiger partial charge in [0.2, 0.25) is 0 Å². The lowest BCUT2D eigenvalue weighted by Crippen LogP contribution is -3.00. The van der Waals surface area contributed by atoms with E-state index in [-0.39, 0.29) is 18.2 Å². The predicted octanol–water partition coefficient (Wildman–Crippen LogP) is -0.319. The summed E-state index contributed by atoms with van der Waals surface area (Å²) in [5.41, 5.74) is 2.12. The molecule has 1 atom stereocenters. The van der Waals surface area contributed by atoms with Crippen LogP contribution in [-0.4, -0.2) is 47.6 Å². The highest BCUT2D eigenvalue weighted by Gasteiger charge is 2.20. The summed E-state index contributed by atoms with van der Waals surface area (Å²) in [5, 5.41) is 10.3. The quantitative estimate of drug-likeness (QED) is 0.801. The van der Waals surface area contributed by atoms with Gasteiger partial charge in [0.1, 0.15) is 5.82 Å². The summed E-state index contributed by atoms with van der Waals surface area (Å²) in [6.07, 6.45) is -0.559. The van der Waals surface area contributed by atoms with Gasteiger partial charge < -0.3 is 17.5 Å². The van der Waals surface area contributed by atoms with Crippen molar-refractivity contribution in [3.05, 3.63) is 71.5 Å². The summed E-state index contributed by atoms with van der Waals surface area (Å²) in [5.74, 6) is -0.268. The van der Waals surface area contributed by atoms with E-state index >= 15 is 0 Å². The summed E-state index contributed by atoms with van der Waals surface area (Å²) in [6.45, 7) is 5.49. The average molecular weight is 350 g/mol. The van der Waals surface area contributed by atoms with E-state index in [1.54, 1.807) is 12.1 Å². The van der Waals surface area contributed by atoms with E-state index in [1.807, 2.05) is 6.07 Å². The molecule has 0 radical (unpaired) electrons. The highest BCUT2D eigenvalue weighted by Crippen LogP contribution is 2.16. The van der Waals surface area contributed by atoms with Crippen LogP contribution in [0.15, 0.2) is 54.6 Å². The van der Waals surface area contributed by atoms with Gasteiger partial charge in [-0.25, -0.2) is 4.39 Å². The Morgan fingerprint density at radius 2 is 1.46 bits per heavy atom. The number of benzene rings is 2. The van der Waals surface area contributed by atoms with Gasteiger partial charge >= 0.3 is 0 Å². The summed E-state index contributed by atoms with van der Waals surface area (Å²) in [7, 11) is 0. The second-order valence-corrected chi connectivity index (χ2v) is 6.13. The molecule has 0 aromatic heterocycles. The van der Waals surface area contributed by atoms with Gasteiger partial charge in [0, 0.05) is 39.3 Å². The molecule has 24 heavy (non-hydrogen) atoms. The van der Waals surface area contributed by atoms with E-state index in [1.165, 1.54) is 17.7 Å². The Labute approximate surface area is 149 Å². The molecular formula is C19H23ClFN2O-. The summed E-state index contributed by atoms with van der Waals surface area (Å²) >= 11 is 0. The number of nitrogens with zero attached hydrogens (tertiary/aromatic N) is 2. The van der Waals surface area contributed by atoms with Gasteiger partial charge in [0.15, 0.2) is 0 Å². The van der Waals surface area contributed by atoms with E-state index in [9.17, 15) is 9.50 Å². The van der Waals surface area contributed by atoms with Crippen LogP contribution in [0.2, 0.25) is 0 Å². The molecule has 0 spiro atoms. The third-order valence-electron chi connectivity index (χ3n) is 4.40. The minimum absolute atomic E-state index is 0. The van der Waals surface area contributed by atoms with Gasteiger partial charge in [-0.15, -0.1) is 0 Å². The first-order valence-corrected chi connectivity index (χ1v) is 8.13. The lowest BCUT2D eigenvalue weighted by Gasteiger charge is -2.35. The van der Waals surface area contributed by atoms with Gasteiger partial charge in [-0.05, 0) is 23.3 Å². The van der Waals surface area contributed by atoms with Crippen LogP contribution in [0, 0.1) is 5.82 Å². The molecule has 3 nitrogen and oxygen atoms in total. The van der Waals surface area contributed by atoms with Crippen LogP contribution in [-0.2, 0) is 6.54 Å². The first kappa shape index (κ1) is 18.9. The molecule has 3 rings (SSSR count). The van der Waals surface area contributed by atoms with Crippen LogP contribution >= 0.6 is 0 Å². The van der Waals surface area contributed by atoms with Crippen molar-refractivity contribution in [3.63, 3.8) is 0 Å². The summed E-state index contributed by atoms with van der Waals surface area (Å²) in [4.78, 5) is 4.71. The van der Waals surface area contributed by atoms with Crippen molar-refractivity contribution >= 4 is 0 Å². The molecule has 1 heterocycles. The number of hydrogen-bond donors (Lipinski definition) is 1. The van der Waals surface area contributed by atoms with Crippen molar-refractivity contribution in [1.82, 2.24) is 9.80 Å². The minimum Gasteiger partial charge on any atom is -1.00 e. The molecule has 1 saturated heterocycles. The standard InChI is InChI=1S/C19H23FN2O.ClH/c20-18-8-6-17(7-9-18)19(23)15-22-12-10-21(11-13-22)14-16-4-2-1-3-5-16;/h1-9,19,23H,10-15H2;1H/p-1. The molecule has 0 aliphatic carbocycles. The van der Waals surface area contributed by atoms with E-state index in [4.69, 9.17) is 0 Å². The first-order valence-electron chi connectivity index (χ1n) is 8.13. The predicted molar refractivity (Wildman–Crippen MR) is 89.5 cm³/mol. The molecule has 2 aromatic carbocycles. The normalized spacial score (nSPS) is 17.2. The van der Waals surface area contributed by atoms with Gasteiger partial charge in [-0.3, -0.25) is 9.80 Å². The zero-order chi connectivity index (χ0) is 16.1. The molecule has 0 saturated carbocycles. The topological polar surface area (TPSA) is 26.7 Å². The Morgan fingerprint density at radius 1 is 0.875 bits per heavy atom. The fraction of sp³-hybridized carbons (Fsp3) is 0.368. The summed E-state index contributed by atoms with van der Waals surface area (Å²) in [6, 6.07) is 16.6. The zero-order valence-corrected chi connectivity index (χ0v) is 14.4. The molecule has 130 valence electrons. The van der Waals surface area contributed by atoms with Crippen molar-refractivity contribution in [2.24, 2.45) is 0 Å². The smallest absolute Gasteiger partial charge is 0.123 e. The Bertz CT molecular complexity index is 601. The minimum atomic E-state index is -0.559. The Hall–Kier alpha value is -1.46. The van der Waals surface area contributed by atoms with Crippen molar-refractivity contribution in [1.29, 1.82) is 0 Å². The molecule has 1 fully saturated rings. The zero-order valence-electron chi connectivity index (χ0n) is 13.6. The van der Waals surface area contributed by atoms with Crippen molar-refractivity contribution in [3.8, 4) is 0 Å². The Balaban J connectivity index is 0.00000208. The molecule has 5 heteroatoms. The molecule has 1 aliphatic rings. The number of hydrogen-bond acceptors (Lipinski definition) is 3. The van der Waals surface area contributed by atoms with E-state index in [2.05, 4.69) is 34.1 Å². The van der Waals surface area contributed by atoms with Gasteiger partial charge in [0.25, 0.3) is 0 Å². The van der Waals surface area contributed by atoms with Crippen LogP contribution in [0.3, 0.4) is 0 Å². The number of aliphatic hydroxyl groups excluding tert-OH is 1. The molecule has 0 bridgehead atoms. The lowest BCUT2D eigenvalue weighted by atomic mass is 10.1. The van der Waals surface area contributed by atoms with E-state index in [0.717, 1.165) is 38.3 Å². The number of β-amino-alcohol motifs (C(OH)–C–C–N with tert-alkyl or cyclic N) is 1. The van der Waals surface area contributed by atoms with Crippen molar-refractivity contribution in [2.75, 3.05) is 32.7 Å². The number of halogens is 2. The number of rotatable bonds is 5. The largest absolute Gasteiger partial charge is 1.00 e. The maximum Gasteiger partial charge on any atom is 0.123 e. The molecule has 1 N–H and O–H groups in total. The van der Waals surface area contributed by atoms with E-state index < -0.39 is 6.10 Å². The second-order valence-electron chi connectivity index (χ2n) is 6.13. The molecule has 1 aliphatic heterocycles. The number of piperazine rings is 1. The highest BCUT2D eigenvalue weighted by molar-refractivity contribution is 5.19. The maximum atomic E-state index is 12.9. The van der Waals surface area contributed by atoms with Gasteiger partial charge in [0.05, 0.1) is 6.10 Å². The van der Waals surface area contributed by atoms with Gasteiger partial charge in [-0.1, -0.05) is 42.5 Å². The van der Waals surface area contributed by atoms with Gasteiger partial charge in [-0.2, -0.15) is 0 Å².